The molecule has 2 aromatic carbocycles. The van der Waals surface area contributed by atoms with Crippen LogP contribution in [-0.2, 0) is 6.42 Å². The molecular formula is C25H36N8. The highest BCUT2D eigenvalue weighted by atomic mass is 15.3. The predicted octanol–water partition coefficient (Wildman–Crippen LogP) is 3.65. The summed E-state index contributed by atoms with van der Waals surface area (Å²) in [6.07, 6.45) is 0.834. The van der Waals surface area contributed by atoms with Crippen LogP contribution in [0.15, 0.2) is 76.9 Å². The van der Waals surface area contributed by atoms with Gasteiger partial charge >= 0.3 is 0 Å². The Morgan fingerprint density at radius 3 is 1.97 bits per heavy atom. The molecule has 8 nitrogen and oxygen atoms in total. The standard InChI is InChI=1S/C25H34N6.H2N2/c1-19(26)23(20(2)27)24(25(28)29-14-13-21-9-5-3-6-10-21)31-17-15-30(16-18-31)22-11-7-4-8-12-22;1-2/h3-12,24,26H,13-18,27H2,1-2H3,(H2,28,29);1-2H/b23-20+,26-19?;. The summed E-state index contributed by atoms with van der Waals surface area (Å²) < 4.78 is 0. The number of para-hydroxylation sites is 1. The first-order valence-electron chi connectivity index (χ1n) is 11.1. The molecule has 0 aromatic heterocycles. The minimum absolute atomic E-state index is 0.267. The fourth-order valence-corrected chi connectivity index (χ4v) is 4.16. The zero-order chi connectivity index (χ0) is 24.2. The monoisotopic (exact) mass is 448 g/mol. The normalized spacial score (nSPS) is 16.3. The molecule has 1 heterocycles. The lowest BCUT2D eigenvalue weighted by molar-refractivity contribution is 0.249. The van der Waals surface area contributed by atoms with Crippen molar-refractivity contribution >= 4 is 17.2 Å². The van der Waals surface area contributed by atoms with Crippen LogP contribution in [-0.4, -0.2) is 55.2 Å². The van der Waals surface area contributed by atoms with E-state index in [2.05, 4.69) is 46.2 Å². The zero-order valence-corrected chi connectivity index (χ0v) is 19.6. The van der Waals surface area contributed by atoms with E-state index in [4.69, 9.17) is 32.9 Å². The Labute approximate surface area is 196 Å². The van der Waals surface area contributed by atoms with E-state index >= 15 is 0 Å². The first kappa shape index (κ1) is 25.7. The Bertz CT molecular complexity index is 927. The molecular weight excluding hydrogens is 412 g/mol. The van der Waals surface area contributed by atoms with E-state index in [9.17, 15) is 0 Å². The molecule has 1 atom stereocenters. The van der Waals surface area contributed by atoms with Gasteiger partial charge in [0.25, 0.3) is 0 Å². The molecule has 176 valence electrons. The van der Waals surface area contributed by atoms with Crippen LogP contribution >= 0.6 is 0 Å². The van der Waals surface area contributed by atoms with E-state index in [0.717, 1.165) is 38.2 Å². The van der Waals surface area contributed by atoms with Gasteiger partial charge in [-0.05, 0) is 38.0 Å². The summed E-state index contributed by atoms with van der Waals surface area (Å²) in [5.41, 5.74) is 27.1. The number of aliphatic imine (C=N–C) groups is 1. The number of nitrogens with one attached hydrogen (secondary N) is 3. The minimum atomic E-state index is -0.267. The second kappa shape index (κ2) is 13.1. The van der Waals surface area contributed by atoms with Crippen LogP contribution in [0.2, 0.25) is 0 Å². The summed E-state index contributed by atoms with van der Waals surface area (Å²) in [6.45, 7) is 7.69. The molecule has 1 aliphatic heterocycles. The Kier molecular flexibility index (Phi) is 10.2. The van der Waals surface area contributed by atoms with E-state index in [1.54, 1.807) is 6.92 Å². The average Bonchev–Trinajstić information content (AvgIpc) is 2.84. The minimum Gasteiger partial charge on any atom is -0.402 e. The van der Waals surface area contributed by atoms with Crippen LogP contribution in [0.1, 0.15) is 19.4 Å². The summed E-state index contributed by atoms with van der Waals surface area (Å²) in [4.78, 5) is 9.40. The largest absolute Gasteiger partial charge is 0.402 e. The van der Waals surface area contributed by atoms with Gasteiger partial charge in [0.05, 0.1) is 6.04 Å². The first-order valence-corrected chi connectivity index (χ1v) is 11.1. The second-order valence-corrected chi connectivity index (χ2v) is 8.02. The summed E-state index contributed by atoms with van der Waals surface area (Å²) >= 11 is 0. The Hall–Kier alpha value is -3.52. The van der Waals surface area contributed by atoms with Gasteiger partial charge in [0.2, 0.25) is 0 Å². The van der Waals surface area contributed by atoms with Crippen molar-refractivity contribution in [2.75, 3.05) is 37.6 Å². The van der Waals surface area contributed by atoms with Gasteiger partial charge in [-0.15, -0.1) is 0 Å². The van der Waals surface area contributed by atoms with E-state index in [0.29, 0.717) is 23.8 Å². The Morgan fingerprint density at radius 2 is 1.45 bits per heavy atom. The molecule has 0 saturated carbocycles. The summed E-state index contributed by atoms with van der Waals surface area (Å²) in [5.74, 6) is 0.537. The number of benzene rings is 2. The molecule has 33 heavy (non-hydrogen) atoms. The number of amidine groups is 1. The summed E-state index contributed by atoms with van der Waals surface area (Å²) in [5, 5.41) is 8.32. The number of rotatable bonds is 8. The van der Waals surface area contributed by atoms with Crippen LogP contribution in [0.4, 0.5) is 5.69 Å². The predicted molar refractivity (Wildman–Crippen MR) is 136 cm³/mol. The van der Waals surface area contributed by atoms with Crippen LogP contribution < -0.4 is 16.4 Å². The number of piperazine rings is 1. The number of hydrogen-bond acceptors (Lipinski definition) is 7. The van der Waals surface area contributed by atoms with Gasteiger partial charge in [-0.25, -0.2) is 11.1 Å². The van der Waals surface area contributed by atoms with E-state index in [-0.39, 0.29) is 6.04 Å². The van der Waals surface area contributed by atoms with Gasteiger partial charge in [-0.1, -0.05) is 48.5 Å². The average molecular weight is 449 g/mol. The van der Waals surface area contributed by atoms with Crippen LogP contribution in [0.25, 0.3) is 0 Å². The van der Waals surface area contributed by atoms with Crippen molar-refractivity contribution in [1.29, 1.82) is 16.5 Å². The molecule has 1 unspecified atom stereocenters. The van der Waals surface area contributed by atoms with Crippen LogP contribution in [0.5, 0.6) is 0 Å². The quantitative estimate of drug-likeness (QED) is 0.239. The van der Waals surface area contributed by atoms with Crippen molar-refractivity contribution in [2.24, 2.45) is 16.5 Å². The van der Waals surface area contributed by atoms with Crippen molar-refractivity contribution in [3.63, 3.8) is 0 Å². The van der Waals surface area contributed by atoms with Crippen molar-refractivity contribution in [1.82, 2.24) is 4.90 Å². The van der Waals surface area contributed by atoms with E-state index in [1.807, 2.05) is 31.2 Å². The Morgan fingerprint density at radius 1 is 0.909 bits per heavy atom. The molecule has 1 fully saturated rings. The van der Waals surface area contributed by atoms with Crippen molar-refractivity contribution in [3.8, 4) is 0 Å². The number of allylic oxidation sites excluding steroid dienone is 1. The molecule has 0 radical (unpaired) electrons. The molecule has 3 rings (SSSR count). The van der Waals surface area contributed by atoms with Gasteiger partial charge in [-0.3, -0.25) is 9.89 Å². The van der Waals surface area contributed by atoms with Crippen molar-refractivity contribution in [3.05, 3.63) is 77.5 Å². The van der Waals surface area contributed by atoms with Crippen molar-refractivity contribution < 1.29 is 0 Å². The lowest BCUT2D eigenvalue weighted by Gasteiger charge is -2.41. The smallest absolute Gasteiger partial charge is 0.116 e. The highest BCUT2D eigenvalue weighted by Gasteiger charge is 2.31. The lowest BCUT2D eigenvalue weighted by Crippen LogP contribution is -2.56. The molecule has 8 heteroatoms. The van der Waals surface area contributed by atoms with E-state index < -0.39 is 0 Å². The third-order valence-electron chi connectivity index (χ3n) is 5.72. The summed E-state index contributed by atoms with van der Waals surface area (Å²) in [6, 6.07) is 20.5. The lowest BCUT2D eigenvalue weighted by atomic mass is 9.97. The molecule has 0 spiro atoms. The fraction of sp³-hybridized carbons (Fsp3) is 0.360. The number of nitrogens with zero attached hydrogens (tertiary/aromatic N) is 3. The topological polar surface area (TPSA) is 142 Å². The van der Waals surface area contributed by atoms with E-state index in [1.165, 1.54) is 11.3 Å². The zero-order valence-electron chi connectivity index (χ0n) is 19.6. The first-order chi connectivity index (χ1) is 16.0. The maximum atomic E-state index is 8.32. The number of hydrogen-bond donors (Lipinski definition) is 5. The molecule has 1 aliphatic rings. The SMILES string of the molecule is CC(=N)/C(=C(/C)N)C(C(N)=NCCc1ccccc1)N1CCN(c2ccccc2)CC1.N=N. The van der Waals surface area contributed by atoms with Gasteiger partial charge in [-0.2, -0.15) is 0 Å². The molecule has 2 aromatic rings. The maximum Gasteiger partial charge on any atom is 0.116 e. The van der Waals surface area contributed by atoms with Crippen molar-refractivity contribution in [2.45, 2.75) is 26.3 Å². The fourth-order valence-electron chi connectivity index (χ4n) is 4.16. The van der Waals surface area contributed by atoms with Gasteiger partial charge in [0.15, 0.2) is 0 Å². The third kappa shape index (κ3) is 7.25. The molecule has 0 amide bonds. The molecule has 0 aliphatic carbocycles. The molecule has 7 N–H and O–H groups in total. The van der Waals surface area contributed by atoms with Gasteiger partial charge in [0.1, 0.15) is 5.84 Å². The highest BCUT2D eigenvalue weighted by Crippen LogP contribution is 2.21. The number of anilines is 1. The number of nitrogens with two attached hydrogens (primary N) is 2. The highest BCUT2D eigenvalue weighted by molar-refractivity contribution is 6.05. The summed E-state index contributed by atoms with van der Waals surface area (Å²) in [7, 11) is 0. The van der Waals surface area contributed by atoms with Gasteiger partial charge in [0, 0.05) is 55.4 Å². The maximum absolute atomic E-state index is 8.32. The third-order valence-corrected chi connectivity index (χ3v) is 5.72. The van der Waals surface area contributed by atoms with Gasteiger partial charge < -0.3 is 21.8 Å². The van der Waals surface area contributed by atoms with Crippen LogP contribution in [0.3, 0.4) is 0 Å². The van der Waals surface area contributed by atoms with Crippen LogP contribution in [0, 0.1) is 16.5 Å². The molecule has 1 saturated heterocycles. The Balaban J connectivity index is 0.00000187. The second-order valence-electron chi connectivity index (χ2n) is 8.02. The molecule has 0 bridgehead atoms.